The van der Waals surface area contributed by atoms with E-state index in [1.165, 1.54) is 0 Å². The number of amidine groups is 1. The van der Waals surface area contributed by atoms with Crippen LogP contribution in [0.3, 0.4) is 0 Å². The second-order valence-corrected chi connectivity index (χ2v) is 6.66. The highest BCUT2D eigenvalue weighted by molar-refractivity contribution is 6.17. The van der Waals surface area contributed by atoms with Crippen molar-refractivity contribution in [3.63, 3.8) is 0 Å². The molecule has 0 saturated heterocycles. The van der Waals surface area contributed by atoms with Crippen LogP contribution in [0.1, 0.15) is 39.7 Å². The highest BCUT2D eigenvalue weighted by Crippen LogP contribution is 2.26. The number of aliphatic imine (C=N–C) groups is 2. The predicted molar refractivity (Wildman–Crippen MR) is 92.9 cm³/mol. The molecule has 0 spiro atoms. The van der Waals surface area contributed by atoms with Crippen LogP contribution in [0, 0.1) is 0 Å². The van der Waals surface area contributed by atoms with Crippen molar-refractivity contribution in [3.8, 4) is 0 Å². The molecule has 0 bridgehead atoms. The number of hydrogen-bond acceptors (Lipinski definition) is 4. The summed E-state index contributed by atoms with van der Waals surface area (Å²) in [4.78, 5) is 21.9. The van der Waals surface area contributed by atoms with Crippen molar-refractivity contribution in [2.45, 2.75) is 51.7 Å². The number of nitrogens with one attached hydrogen (secondary N) is 1. The molecule has 1 aliphatic heterocycles. The van der Waals surface area contributed by atoms with Crippen molar-refractivity contribution < 1.29 is 9.53 Å². The van der Waals surface area contributed by atoms with E-state index in [9.17, 15) is 4.79 Å². The molecule has 5 nitrogen and oxygen atoms in total. The summed E-state index contributed by atoms with van der Waals surface area (Å²) < 4.78 is 5.63. The molecular formula is C18H25N3O2. The Morgan fingerprint density at radius 1 is 1.30 bits per heavy atom. The molecular weight excluding hydrogens is 290 g/mol. The lowest BCUT2D eigenvalue weighted by Gasteiger charge is -2.29. The van der Waals surface area contributed by atoms with E-state index < -0.39 is 11.1 Å². The van der Waals surface area contributed by atoms with Gasteiger partial charge in [0.1, 0.15) is 11.4 Å². The van der Waals surface area contributed by atoms with Gasteiger partial charge in [-0.05, 0) is 32.8 Å². The second kappa shape index (κ2) is 6.94. The molecule has 2 rings (SSSR count). The summed E-state index contributed by atoms with van der Waals surface area (Å²) in [6.45, 7) is 8.26. The SMILES string of the molecule is CCCN=C1NC=NC1(Cc1ccccc1)C(=O)OC(C)(C)C. The first-order valence-corrected chi connectivity index (χ1v) is 8.00. The van der Waals surface area contributed by atoms with Gasteiger partial charge in [-0.15, -0.1) is 0 Å². The average molecular weight is 315 g/mol. The fourth-order valence-electron chi connectivity index (χ4n) is 2.39. The first-order valence-electron chi connectivity index (χ1n) is 8.00. The van der Waals surface area contributed by atoms with Gasteiger partial charge in [0.15, 0.2) is 0 Å². The molecule has 0 saturated carbocycles. The third-order valence-electron chi connectivity index (χ3n) is 3.41. The van der Waals surface area contributed by atoms with E-state index in [2.05, 4.69) is 15.3 Å². The van der Waals surface area contributed by atoms with Crippen LogP contribution >= 0.6 is 0 Å². The zero-order valence-corrected chi connectivity index (χ0v) is 14.3. The zero-order chi connectivity index (χ0) is 16.9. The first-order chi connectivity index (χ1) is 10.9. The lowest BCUT2D eigenvalue weighted by Crippen LogP contribution is -2.51. The Morgan fingerprint density at radius 2 is 2.00 bits per heavy atom. The maximum absolute atomic E-state index is 12.9. The quantitative estimate of drug-likeness (QED) is 0.850. The Balaban J connectivity index is 2.38. The Labute approximate surface area is 137 Å². The van der Waals surface area contributed by atoms with Crippen LogP contribution in [0.4, 0.5) is 0 Å². The third-order valence-corrected chi connectivity index (χ3v) is 3.41. The zero-order valence-electron chi connectivity index (χ0n) is 14.3. The number of ether oxygens (including phenoxy) is 1. The lowest BCUT2D eigenvalue weighted by molar-refractivity contribution is -0.158. The molecule has 1 aliphatic rings. The molecule has 0 radical (unpaired) electrons. The summed E-state index contributed by atoms with van der Waals surface area (Å²) in [5, 5.41) is 3.03. The fourth-order valence-corrected chi connectivity index (χ4v) is 2.39. The summed E-state index contributed by atoms with van der Waals surface area (Å²) in [5.41, 5.74) is -0.679. The number of benzene rings is 1. The molecule has 23 heavy (non-hydrogen) atoms. The van der Waals surface area contributed by atoms with Crippen LogP contribution in [0.15, 0.2) is 40.3 Å². The van der Waals surface area contributed by atoms with Gasteiger partial charge in [-0.3, -0.25) is 4.99 Å². The Bertz CT molecular complexity index is 602. The smallest absolute Gasteiger partial charge is 0.342 e. The predicted octanol–water partition coefficient (Wildman–Crippen LogP) is 2.75. The fraction of sp³-hybridized carbons (Fsp3) is 0.500. The molecule has 1 aromatic carbocycles. The van der Waals surface area contributed by atoms with Crippen LogP contribution in [-0.2, 0) is 16.0 Å². The molecule has 1 atom stereocenters. The number of carbonyl (C=O) groups is 1. The van der Waals surface area contributed by atoms with Crippen LogP contribution < -0.4 is 5.32 Å². The summed E-state index contributed by atoms with van der Waals surface area (Å²) >= 11 is 0. The minimum atomic E-state index is -1.12. The second-order valence-electron chi connectivity index (χ2n) is 6.66. The highest BCUT2D eigenvalue weighted by atomic mass is 16.6. The molecule has 0 fully saturated rings. The Morgan fingerprint density at radius 3 is 2.61 bits per heavy atom. The molecule has 124 valence electrons. The number of esters is 1. The number of carbonyl (C=O) groups excluding carboxylic acids is 1. The van der Waals surface area contributed by atoms with Crippen molar-refractivity contribution >= 4 is 18.1 Å². The Kier molecular flexibility index (Phi) is 5.19. The number of rotatable bonds is 5. The molecule has 1 heterocycles. The summed E-state index contributed by atoms with van der Waals surface area (Å²) in [5.74, 6) is 0.197. The lowest BCUT2D eigenvalue weighted by atomic mass is 9.90. The van der Waals surface area contributed by atoms with Gasteiger partial charge in [-0.25, -0.2) is 9.79 Å². The average Bonchev–Trinajstić information content (AvgIpc) is 2.88. The van der Waals surface area contributed by atoms with Crippen molar-refractivity contribution in [1.82, 2.24) is 5.32 Å². The number of nitrogens with zero attached hydrogens (tertiary/aromatic N) is 2. The minimum Gasteiger partial charge on any atom is -0.458 e. The van der Waals surface area contributed by atoms with Gasteiger partial charge in [0.2, 0.25) is 5.54 Å². The number of hydrogen-bond donors (Lipinski definition) is 1. The van der Waals surface area contributed by atoms with Gasteiger partial charge in [-0.1, -0.05) is 37.3 Å². The van der Waals surface area contributed by atoms with Gasteiger partial charge >= 0.3 is 5.97 Å². The van der Waals surface area contributed by atoms with E-state index in [4.69, 9.17) is 4.74 Å². The van der Waals surface area contributed by atoms with Gasteiger partial charge < -0.3 is 10.1 Å². The van der Waals surface area contributed by atoms with Crippen molar-refractivity contribution in [3.05, 3.63) is 35.9 Å². The summed E-state index contributed by atoms with van der Waals surface area (Å²) in [6, 6.07) is 9.82. The normalized spacial score (nSPS) is 22.2. The van der Waals surface area contributed by atoms with Crippen LogP contribution in [0.5, 0.6) is 0 Å². The molecule has 0 amide bonds. The Hall–Kier alpha value is -2.17. The summed E-state index contributed by atoms with van der Waals surface area (Å²) in [7, 11) is 0. The molecule has 0 aromatic heterocycles. The van der Waals surface area contributed by atoms with Crippen molar-refractivity contribution in [1.29, 1.82) is 0 Å². The van der Waals surface area contributed by atoms with E-state index >= 15 is 0 Å². The van der Waals surface area contributed by atoms with E-state index in [1.54, 1.807) is 6.34 Å². The van der Waals surface area contributed by atoms with Gasteiger partial charge in [-0.2, -0.15) is 0 Å². The van der Waals surface area contributed by atoms with E-state index in [0.717, 1.165) is 12.0 Å². The first kappa shape index (κ1) is 17.2. The summed E-state index contributed by atoms with van der Waals surface area (Å²) in [6.07, 6.45) is 2.87. The van der Waals surface area contributed by atoms with Crippen molar-refractivity contribution in [2.75, 3.05) is 6.54 Å². The largest absolute Gasteiger partial charge is 0.458 e. The topological polar surface area (TPSA) is 63.0 Å². The monoisotopic (exact) mass is 315 g/mol. The van der Waals surface area contributed by atoms with Gasteiger partial charge in [0, 0.05) is 13.0 Å². The highest BCUT2D eigenvalue weighted by Gasteiger charge is 2.48. The minimum absolute atomic E-state index is 0.370. The maximum Gasteiger partial charge on any atom is 0.342 e. The molecule has 0 aliphatic carbocycles. The van der Waals surface area contributed by atoms with Crippen LogP contribution in [0.2, 0.25) is 0 Å². The molecule has 1 N–H and O–H groups in total. The van der Waals surface area contributed by atoms with Crippen LogP contribution in [-0.4, -0.2) is 35.8 Å². The molecule has 5 heteroatoms. The molecule has 1 aromatic rings. The van der Waals surface area contributed by atoms with E-state index in [-0.39, 0.29) is 5.97 Å². The van der Waals surface area contributed by atoms with Gasteiger partial charge in [0.25, 0.3) is 0 Å². The van der Waals surface area contributed by atoms with Crippen LogP contribution in [0.25, 0.3) is 0 Å². The van der Waals surface area contributed by atoms with E-state index in [0.29, 0.717) is 18.8 Å². The van der Waals surface area contributed by atoms with Crippen molar-refractivity contribution in [2.24, 2.45) is 9.98 Å². The standard InChI is InChI=1S/C18H25N3O2/c1-5-11-19-15-18(21-13-20-15,16(22)23-17(2,3)4)12-14-9-7-6-8-10-14/h6-10,13H,5,11-12H2,1-4H3,(H,19,20,21). The third kappa shape index (κ3) is 4.18. The van der Waals surface area contributed by atoms with Gasteiger partial charge in [0.05, 0.1) is 6.34 Å². The maximum atomic E-state index is 12.9. The van der Waals surface area contributed by atoms with E-state index in [1.807, 2.05) is 58.0 Å². The molecule has 1 unspecified atom stereocenters.